The predicted molar refractivity (Wildman–Crippen MR) is 73.5 cm³/mol. The molecule has 0 unspecified atom stereocenters. The van der Waals surface area contributed by atoms with Crippen LogP contribution >= 0.6 is 12.4 Å². The summed E-state index contributed by atoms with van der Waals surface area (Å²) in [5.41, 5.74) is 6.13. The van der Waals surface area contributed by atoms with Crippen LogP contribution in [0.3, 0.4) is 0 Å². The van der Waals surface area contributed by atoms with Gasteiger partial charge in [-0.3, -0.25) is 4.79 Å². The first-order chi connectivity index (χ1) is 7.79. The van der Waals surface area contributed by atoms with Gasteiger partial charge in [0.2, 0.25) is 5.91 Å². The highest BCUT2D eigenvalue weighted by atomic mass is 35.5. The Kier molecular flexibility index (Phi) is 4.94. The lowest BCUT2D eigenvalue weighted by atomic mass is 10.1. The first kappa shape index (κ1) is 13.5. The molecule has 0 spiro atoms. The highest BCUT2D eigenvalue weighted by Gasteiger charge is 2.01. The third-order valence-electron chi connectivity index (χ3n) is 2.40. The van der Waals surface area contributed by atoms with Gasteiger partial charge in [0.1, 0.15) is 0 Å². The highest BCUT2D eigenvalue weighted by Crippen LogP contribution is 2.18. The van der Waals surface area contributed by atoms with Gasteiger partial charge in [-0.15, -0.1) is 12.4 Å². The highest BCUT2D eigenvalue weighted by molar-refractivity contribution is 5.94. The quantitative estimate of drug-likeness (QED) is 0.880. The molecule has 0 aliphatic carbocycles. The lowest BCUT2D eigenvalue weighted by Crippen LogP contribution is -2.16. The Balaban J connectivity index is 0.00000144. The smallest absolute Gasteiger partial charge is 0.225 e. The maximum absolute atomic E-state index is 11.4. The van der Waals surface area contributed by atoms with Crippen molar-refractivity contribution in [3.8, 4) is 0 Å². The number of carbonyl (C=O) groups excluding carboxylic acids is 1. The third-order valence-corrected chi connectivity index (χ3v) is 2.40. The van der Waals surface area contributed by atoms with E-state index in [0.717, 1.165) is 11.1 Å². The molecule has 2 aromatic rings. The normalized spacial score (nSPS) is 9.71. The van der Waals surface area contributed by atoms with Crippen molar-refractivity contribution in [3.63, 3.8) is 0 Å². The molecule has 0 saturated carbocycles. The van der Waals surface area contributed by atoms with Crippen molar-refractivity contribution in [2.75, 3.05) is 11.9 Å². The van der Waals surface area contributed by atoms with Crippen LogP contribution in [0.2, 0.25) is 0 Å². The maximum Gasteiger partial charge on any atom is 0.225 e. The molecule has 3 N–H and O–H groups in total. The first-order valence-electron chi connectivity index (χ1n) is 5.28. The number of nitrogens with two attached hydrogens (primary N) is 1. The summed E-state index contributed by atoms with van der Waals surface area (Å²) in [4.78, 5) is 11.4. The molecule has 0 heterocycles. The van der Waals surface area contributed by atoms with Crippen LogP contribution in [0.5, 0.6) is 0 Å². The minimum Gasteiger partial charge on any atom is -0.330 e. The zero-order valence-electron chi connectivity index (χ0n) is 9.35. The van der Waals surface area contributed by atoms with Crippen LogP contribution in [0, 0.1) is 0 Å². The van der Waals surface area contributed by atoms with E-state index in [1.165, 1.54) is 5.39 Å². The van der Waals surface area contributed by atoms with Gasteiger partial charge in [-0.05, 0) is 22.9 Å². The van der Waals surface area contributed by atoms with E-state index in [1.807, 2.05) is 42.5 Å². The first-order valence-corrected chi connectivity index (χ1v) is 5.28. The molecule has 0 saturated heterocycles. The fraction of sp³-hybridized carbons (Fsp3) is 0.154. The average Bonchev–Trinajstić information content (AvgIpc) is 2.29. The lowest BCUT2D eigenvalue weighted by molar-refractivity contribution is -0.116. The van der Waals surface area contributed by atoms with Crippen molar-refractivity contribution < 1.29 is 4.79 Å². The number of benzene rings is 2. The second kappa shape index (κ2) is 6.23. The molecule has 0 radical (unpaired) electrons. The monoisotopic (exact) mass is 250 g/mol. The number of fused-ring (bicyclic) bond motifs is 1. The van der Waals surface area contributed by atoms with E-state index < -0.39 is 0 Å². The topological polar surface area (TPSA) is 55.1 Å². The molecule has 0 bridgehead atoms. The van der Waals surface area contributed by atoms with E-state index in [2.05, 4.69) is 5.32 Å². The molecule has 90 valence electrons. The molecule has 17 heavy (non-hydrogen) atoms. The standard InChI is InChI=1S/C13H14N2O.ClH/c14-8-7-13(16)15-12-6-5-10-3-1-2-4-11(10)9-12;/h1-6,9H,7-8,14H2,(H,15,16);1H. The van der Waals surface area contributed by atoms with Crippen molar-refractivity contribution >= 4 is 34.8 Å². The van der Waals surface area contributed by atoms with Crippen molar-refractivity contribution in [1.82, 2.24) is 0 Å². The second-order valence-corrected chi connectivity index (χ2v) is 3.65. The molecule has 2 aromatic carbocycles. The summed E-state index contributed by atoms with van der Waals surface area (Å²) >= 11 is 0. The summed E-state index contributed by atoms with van der Waals surface area (Å²) in [6, 6.07) is 13.9. The molecule has 3 nitrogen and oxygen atoms in total. The Morgan fingerprint density at radius 1 is 1.12 bits per heavy atom. The summed E-state index contributed by atoms with van der Waals surface area (Å²) in [7, 11) is 0. The Morgan fingerprint density at radius 2 is 1.82 bits per heavy atom. The van der Waals surface area contributed by atoms with Crippen LogP contribution in [0.25, 0.3) is 10.8 Å². The largest absolute Gasteiger partial charge is 0.330 e. The number of anilines is 1. The number of amides is 1. The summed E-state index contributed by atoms with van der Waals surface area (Å²) in [5, 5.41) is 5.10. The summed E-state index contributed by atoms with van der Waals surface area (Å²) in [5.74, 6) is -0.0437. The Hall–Kier alpha value is -1.58. The number of nitrogens with one attached hydrogen (secondary N) is 1. The van der Waals surface area contributed by atoms with Crippen molar-refractivity contribution in [1.29, 1.82) is 0 Å². The number of hydrogen-bond acceptors (Lipinski definition) is 2. The van der Waals surface area contributed by atoms with E-state index >= 15 is 0 Å². The van der Waals surface area contributed by atoms with Gasteiger partial charge in [0.25, 0.3) is 0 Å². The van der Waals surface area contributed by atoms with Crippen LogP contribution in [0.15, 0.2) is 42.5 Å². The van der Waals surface area contributed by atoms with Gasteiger partial charge in [-0.1, -0.05) is 30.3 Å². The molecule has 0 aliphatic rings. The number of carbonyl (C=O) groups is 1. The maximum atomic E-state index is 11.4. The number of halogens is 1. The second-order valence-electron chi connectivity index (χ2n) is 3.65. The van der Waals surface area contributed by atoms with Crippen molar-refractivity contribution in [2.45, 2.75) is 6.42 Å². The molecule has 0 aliphatic heterocycles. The van der Waals surface area contributed by atoms with E-state index in [1.54, 1.807) is 0 Å². The van der Waals surface area contributed by atoms with Gasteiger partial charge in [-0.2, -0.15) is 0 Å². The van der Waals surface area contributed by atoms with E-state index in [-0.39, 0.29) is 18.3 Å². The van der Waals surface area contributed by atoms with E-state index in [4.69, 9.17) is 5.73 Å². The SMILES string of the molecule is Cl.NCCC(=O)Nc1ccc2ccccc2c1. The fourth-order valence-corrected chi connectivity index (χ4v) is 1.62. The molecule has 0 atom stereocenters. The lowest BCUT2D eigenvalue weighted by Gasteiger charge is -2.05. The predicted octanol–water partition coefficient (Wildman–Crippen LogP) is 2.55. The Morgan fingerprint density at radius 3 is 2.53 bits per heavy atom. The zero-order valence-corrected chi connectivity index (χ0v) is 10.2. The van der Waals surface area contributed by atoms with Gasteiger partial charge in [0, 0.05) is 18.7 Å². The van der Waals surface area contributed by atoms with Crippen LogP contribution in [0.1, 0.15) is 6.42 Å². The van der Waals surface area contributed by atoms with Crippen molar-refractivity contribution in [2.24, 2.45) is 5.73 Å². The molecule has 1 amide bonds. The average molecular weight is 251 g/mol. The Bertz CT molecular complexity index is 514. The van der Waals surface area contributed by atoms with Crippen LogP contribution in [0.4, 0.5) is 5.69 Å². The van der Waals surface area contributed by atoms with Gasteiger partial charge in [-0.25, -0.2) is 0 Å². The summed E-state index contributed by atoms with van der Waals surface area (Å²) in [6.45, 7) is 0.374. The molecule has 2 rings (SSSR count). The van der Waals surface area contributed by atoms with E-state index in [0.29, 0.717) is 13.0 Å². The summed E-state index contributed by atoms with van der Waals surface area (Å²) in [6.07, 6.45) is 0.354. The van der Waals surface area contributed by atoms with Gasteiger partial charge >= 0.3 is 0 Å². The molecule has 0 fully saturated rings. The van der Waals surface area contributed by atoms with Crippen molar-refractivity contribution in [3.05, 3.63) is 42.5 Å². The number of rotatable bonds is 3. The van der Waals surface area contributed by atoms with Crippen LogP contribution in [-0.4, -0.2) is 12.5 Å². The van der Waals surface area contributed by atoms with E-state index in [9.17, 15) is 4.79 Å². The third kappa shape index (κ3) is 3.44. The Labute approximate surface area is 106 Å². The molecule has 0 aromatic heterocycles. The van der Waals surface area contributed by atoms with Gasteiger partial charge < -0.3 is 11.1 Å². The fourth-order valence-electron chi connectivity index (χ4n) is 1.62. The van der Waals surface area contributed by atoms with Gasteiger partial charge in [0.05, 0.1) is 0 Å². The van der Waals surface area contributed by atoms with Crippen LogP contribution in [-0.2, 0) is 4.79 Å². The number of hydrogen-bond donors (Lipinski definition) is 2. The summed E-state index contributed by atoms with van der Waals surface area (Å²) < 4.78 is 0. The molecular weight excluding hydrogens is 236 g/mol. The minimum absolute atomic E-state index is 0. The van der Waals surface area contributed by atoms with Crippen LogP contribution < -0.4 is 11.1 Å². The zero-order chi connectivity index (χ0) is 11.4. The minimum atomic E-state index is -0.0437. The molecular formula is C13H15ClN2O. The molecule has 4 heteroatoms. The van der Waals surface area contributed by atoms with Gasteiger partial charge in [0.15, 0.2) is 0 Å².